The first kappa shape index (κ1) is 60.6. The summed E-state index contributed by atoms with van der Waals surface area (Å²) < 4.78 is 102. The summed E-state index contributed by atoms with van der Waals surface area (Å²) in [5, 5.41) is 0. The lowest BCUT2D eigenvalue weighted by atomic mass is 9.94. The maximum Gasteiger partial charge on any atom is 0.417 e. The number of nitrogens with one attached hydrogen (secondary N) is 2. The van der Waals surface area contributed by atoms with Gasteiger partial charge in [0.15, 0.2) is 23.2 Å². The quantitative estimate of drug-likeness (QED) is 0.0217. The third-order valence-corrected chi connectivity index (χ3v) is 10.9. The van der Waals surface area contributed by atoms with Crippen molar-refractivity contribution in [2.24, 2.45) is 10.7 Å². The number of hydrogen-bond acceptors (Lipinski definition) is 18. The smallest absolute Gasteiger partial charge is 0.417 e. The molecule has 0 saturated carbocycles. The van der Waals surface area contributed by atoms with Gasteiger partial charge in [0.2, 0.25) is 17.5 Å². The molecule has 0 aliphatic carbocycles. The molecule has 2 aliphatic rings. The van der Waals surface area contributed by atoms with E-state index in [2.05, 4.69) is 45.4 Å². The minimum absolute atomic E-state index is 0. The van der Waals surface area contributed by atoms with Crippen LogP contribution >= 0.6 is 12.4 Å². The first-order chi connectivity index (χ1) is 38.0. The Balaban J connectivity index is 0.000000205. The highest BCUT2D eigenvalue weighted by molar-refractivity contribution is 6.38. The number of rotatable bonds is 15. The van der Waals surface area contributed by atoms with Gasteiger partial charge in [-0.1, -0.05) is 12.1 Å². The van der Waals surface area contributed by atoms with Crippen LogP contribution in [0.2, 0.25) is 0 Å². The number of para-hydroxylation sites is 2. The molecule has 10 rings (SSSR count). The first-order valence-electron chi connectivity index (χ1n) is 23.5. The number of hydrogen-bond donors (Lipinski definition) is 3. The van der Waals surface area contributed by atoms with E-state index < -0.39 is 78.2 Å². The van der Waals surface area contributed by atoms with Crippen LogP contribution in [0, 0.1) is 11.6 Å². The predicted octanol–water partition coefficient (Wildman–Crippen LogP) is 8.25. The average Bonchev–Trinajstić information content (AvgIpc) is 2.50. The molecule has 422 valence electrons. The number of ketones is 2. The second kappa shape index (κ2) is 26.3. The zero-order valence-electron chi connectivity index (χ0n) is 42.4. The number of aldehydes is 1. The Morgan fingerprint density at radius 1 is 0.753 bits per heavy atom. The zero-order chi connectivity index (χ0) is 57.9. The van der Waals surface area contributed by atoms with Crippen LogP contribution in [-0.2, 0) is 19.1 Å². The molecule has 4 aromatic heterocycles. The summed E-state index contributed by atoms with van der Waals surface area (Å²) >= 11 is 0. The van der Waals surface area contributed by atoms with E-state index in [0.717, 1.165) is 18.7 Å². The molecule has 1 atom stereocenters. The van der Waals surface area contributed by atoms with Gasteiger partial charge in [0.05, 0.1) is 85.5 Å². The second-order valence-corrected chi connectivity index (χ2v) is 17.2. The normalized spacial score (nSPS) is 13.6. The van der Waals surface area contributed by atoms with Crippen molar-refractivity contribution in [2.75, 3.05) is 26.2 Å². The maximum atomic E-state index is 14.2. The number of nitrogens with zero attached hydrogens (tertiary/aromatic N) is 6. The van der Waals surface area contributed by atoms with Crippen LogP contribution in [0.4, 0.5) is 26.3 Å². The molecule has 81 heavy (non-hydrogen) atoms. The summed E-state index contributed by atoms with van der Waals surface area (Å²) in [7, 11) is 0. The van der Waals surface area contributed by atoms with Gasteiger partial charge in [-0.05, 0) is 79.7 Å². The Bertz CT molecular complexity index is 3750. The van der Waals surface area contributed by atoms with Crippen molar-refractivity contribution in [3.63, 3.8) is 0 Å². The standard InChI is InChI=1S/C26H18F3N5O4.C13H11NO6.C11H7FN2O2.C3H7F2N.ClH/c1-26(28,29)12-34-22(18-10-31-19(11-30-18)37-14-7-5-13(27)6-8-14)20-16(24(34)35)9-32-21(20)15-3-2-4-17-23(15)38-25(36)33-17;1-2-19-12(17)10(16)6-9(15)7-4-3-5-8-11(7)20-13(18)14-8;12-8-1-3-10(4-2-8)16-11-6-13-9(7-15)5-14-11;1-3(4,5)2-6;/h2-8,10-11,22H,9,12H2,1H3,(H,33,36);3-5H,2,6H2,1H3,(H,14,18);1-7H;2,6H2,1H3;1H. The first-order valence-corrected chi connectivity index (χ1v) is 23.5. The van der Waals surface area contributed by atoms with E-state index in [-0.39, 0.29) is 76.8 Å². The summed E-state index contributed by atoms with van der Waals surface area (Å²) in [4.78, 5) is 108. The van der Waals surface area contributed by atoms with Gasteiger partial charge in [-0.2, -0.15) is 0 Å². The number of amides is 1. The molecule has 0 spiro atoms. The molecular formula is C53H44ClF6N9O12. The minimum Gasteiger partial charge on any atom is -0.460 e. The van der Waals surface area contributed by atoms with E-state index in [4.69, 9.17) is 18.3 Å². The fourth-order valence-corrected chi connectivity index (χ4v) is 7.48. The molecule has 8 aromatic rings. The van der Waals surface area contributed by atoms with E-state index >= 15 is 0 Å². The summed E-state index contributed by atoms with van der Waals surface area (Å²) in [6, 6.07) is 19.3. The number of carbonyl (C=O) groups excluding carboxylic acids is 5. The number of aromatic amines is 2. The highest BCUT2D eigenvalue weighted by Gasteiger charge is 2.48. The molecule has 2 aliphatic heterocycles. The van der Waals surface area contributed by atoms with Crippen LogP contribution in [0.25, 0.3) is 22.2 Å². The SMILES string of the molecule is CC(F)(F)CN.CC(F)(F)CN1C(=O)C2=C(C(c3cccc4[nH]c(=O)oc34)=NC2)C1c1cnc(Oc2ccc(F)cc2)cn1.CCOC(=O)C(=O)CC(=O)c1cccc2[nH]c(=O)oc12.Cl.O=Cc1cnc(Oc2ccc(F)cc2)cn1. The lowest BCUT2D eigenvalue weighted by Gasteiger charge is -2.29. The molecule has 4 N–H and O–H groups in total. The number of H-pyrrole nitrogens is 2. The summed E-state index contributed by atoms with van der Waals surface area (Å²) in [5.74, 6) is -10.1. The number of alkyl halides is 4. The number of oxazole rings is 2. The van der Waals surface area contributed by atoms with E-state index in [1.807, 2.05) is 0 Å². The van der Waals surface area contributed by atoms with Crippen molar-refractivity contribution in [1.29, 1.82) is 0 Å². The molecule has 6 heterocycles. The van der Waals surface area contributed by atoms with Crippen LogP contribution in [0.3, 0.4) is 0 Å². The fraction of sp³-hybridized carbons (Fsp3) is 0.208. The number of fused-ring (bicyclic) bond motifs is 2. The molecular weight excluding hydrogens is 1100 g/mol. The molecule has 1 unspecified atom stereocenters. The van der Waals surface area contributed by atoms with Crippen molar-refractivity contribution in [3.05, 3.63) is 176 Å². The molecule has 0 bridgehead atoms. The Hall–Kier alpha value is -9.63. The zero-order valence-corrected chi connectivity index (χ0v) is 43.2. The van der Waals surface area contributed by atoms with Gasteiger partial charge in [0, 0.05) is 30.6 Å². The van der Waals surface area contributed by atoms with Crippen molar-refractivity contribution >= 4 is 70.0 Å². The van der Waals surface area contributed by atoms with Crippen molar-refractivity contribution in [2.45, 2.75) is 45.1 Å². The van der Waals surface area contributed by atoms with Crippen molar-refractivity contribution in [1.82, 2.24) is 34.8 Å². The predicted molar refractivity (Wildman–Crippen MR) is 277 cm³/mol. The Kier molecular flexibility index (Phi) is 19.7. The Morgan fingerprint density at radius 2 is 1.30 bits per heavy atom. The number of Topliss-reactive ketones (excluding diaryl/α,β-unsaturated/α-hetero) is 2. The number of carbonyl (C=O) groups is 5. The van der Waals surface area contributed by atoms with Gasteiger partial charge in [0.25, 0.3) is 17.8 Å². The highest BCUT2D eigenvalue weighted by Crippen LogP contribution is 2.44. The van der Waals surface area contributed by atoms with Crippen LogP contribution in [0.1, 0.15) is 65.3 Å². The van der Waals surface area contributed by atoms with E-state index in [1.54, 1.807) is 31.2 Å². The van der Waals surface area contributed by atoms with Crippen molar-refractivity contribution in [3.8, 4) is 23.3 Å². The van der Waals surface area contributed by atoms with Gasteiger partial charge >= 0.3 is 17.5 Å². The Morgan fingerprint density at radius 3 is 1.80 bits per heavy atom. The largest absolute Gasteiger partial charge is 0.460 e. The number of aromatic nitrogens is 6. The van der Waals surface area contributed by atoms with Gasteiger partial charge in [0.1, 0.15) is 34.9 Å². The molecule has 28 heteroatoms. The van der Waals surface area contributed by atoms with Gasteiger partial charge in [-0.25, -0.2) is 55.7 Å². The van der Waals surface area contributed by atoms with Gasteiger partial charge in [-0.15, -0.1) is 12.4 Å². The lowest BCUT2D eigenvalue weighted by molar-refractivity contribution is -0.153. The highest BCUT2D eigenvalue weighted by atomic mass is 35.5. The third kappa shape index (κ3) is 15.8. The van der Waals surface area contributed by atoms with E-state index in [9.17, 15) is 59.9 Å². The summed E-state index contributed by atoms with van der Waals surface area (Å²) in [6.07, 6.45) is 5.21. The molecule has 21 nitrogen and oxygen atoms in total. The number of nitrogens with two attached hydrogens (primary N) is 1. The summed E-state index contributed by atoms with van der Waals surface area (Å²) in [5.41, 5.74) is 7.62. The van der Waals surface area contributed by atoms with E-state index in [0.29, 0.717) is 45.7 Å². The summed E-state index contributed by atoms with van der Waals surface area (Å²) in [6.45, 7) is 1.70. The fourth-order valence-electron chi connectivity index (χ4n) is 7.48. The topological polar surface area (TPSA) is 298 Å². The van der Waals surface area contributed by atoms with Crippen molar-refractivity contribution < 1.29 is 73.4 Å². The minimum atomic E-state index is -3.18. The number of esters is 1. The molecule has 1 amide bonds. The molecule has 0 saturated heterocycles. The Labute approximate surface area is 458 Å². The number of aliphatic imine (C=N–C) groups is 1. The van der Waals surface area contributed by atoms with Crippen LogP contribution in [0.5, 0.6) is 23.3 Å². The van der Waals surface area contributed by atoms with Gasteiger partial charge < -0.3 is 33.7 Å². The van der Waals surface area contributed by atoms with Gasteiger partial charge in [-0.3, -0.25) is 39.1 Å². The molecule has 0 radical (unpaired) electrons. The monoisotopic (exact) mass is 1150 g/mol. The maximum absolute atomic E-state index is 14.2. The number of halogens is 7. The lowest BCUT2D eigenvalue weighted by Crippen LogP contribution is -2.40. The van der Waals surface area contributed by atoms with Crippen LogP contribution in [-0.4, -0.2) is 108 Å². The molecule has 0 fully saturated rings. The molecule has 4 aromatic carbocycles. The number of ether oxygens (including phenoxy) is 3. The van der Waals surface area contributed by atoms with Crippen LogP contribution < -0.4 is 26.7 Å². The third-order valence-electron chi connectivity index (χ3n) is 10.9. The second-order valence-electron chi connectivity index (χ2n) is 17.2. The number of benzene rings is 4. The van der Waals surface area contributed by atoms with E-state index in [1.165, 1.54) is 85.5 Å². The van der Waals surface area contributed by atoms with Crippen LogP contribution in [0.15, 0.2) is 144 Å². The average molecular weight is 1150 g/mol.